The number of imidazole rings is 1. The summed E-state index contributed by atoms with van der Waals surface area (Å²) in [6.45, 7) is 2.67. The fourth-order valence-corrected chi connectivity index (χ4v) is 3.79. The molecule has 0 aliphatic carbocycles. The van der Waals surface area contributed by atoms with Gasteiger partial charge in [-0.15, -0.1) is 0 Å². The summed E-state index contributed by atoms with van der Waals surface area (Å²) >= 11 is 13.6. The van der Waals surface area contributed by atoms with Gasteiger partial charge >= 0.3 is 0 Å². The van der Waals surface area contributed by atoms with E-state index in [9.17, 15) is 0 Å². The van der Waals surface area contributed by atoms with Gasteiger partial charge in [-0.2, -0.15) is 0 Å². The van der Waals surface area contributed by atoms with Crippen LogP contribution in [0.25, 0.3) is 22.7 Å². The lowest BCUT2D eigenvalue weighted by Gasteiger charge is -2.05. The summed E-state index contributed by atoms with van der Waals surface area (Å²) in [4.78, 5) is 10.9. The summed E-state index contributed by atoms with van der Waals surface area (Å²) in [5.74, 6) is 0.769. The molecule has 0 aliphatic heterocycles. The van der Waals surface area contributed by atoms with Crippen LogP contribution >= 0.6 is 35.0 Å². The van der Waals surface area contributed by atoms with Crippen molar-refractivity contribution >= 4 is 51.9 Å². The molecule has 0 atom stereocenters. The van der Waals surface area contributed by atoms with Crippen LogP contribution < -0.4 is 5.73 Å². The Labute approximate surface area is 162 Å². The first kappa shape index (κ1) is 17.1. The fraction of sp³-hybridized carbons (Fsp3) is 0.125. The van der Waals surface area contributed by atoms with Crippen LogP contribution in [0.2, 0.25) is 10.0 Å². The van der Waals surface area contributed by atoms with E-state index in [1.54, 1.807) is 12.3 Å². The highest BCUT2D eigenvalue weighted by Gasteiger charge is 2.19. The van der Waals surface area contributed by atoms with Crippen LogP contribution in [0.3, 0.4) is 0 Å². The van der Waals surface area contributed by atoms with E-state index in [0.717, 1.165) is 15.3 Å². The molecular weight excluding hydrogens is 395 g/mol. The number of aryl methyl sites for hydroxylation is 1. The number of benzene rings is 1. The van der Waals surface area contributed by atoms with Crippen molar-refractivity contribution in [3.8, 4) is 11.5 Å². The van der Waals surface area contributed by atoms with E-state index in [4.69, 9.17) is 33.6 Å². The molecule has 1 aromatic carbocycles. The highest BCUT2D eigenvalue weighted by atomic mass is 35.5. The molecule has 7 nitrogen and oxygen atoms in total. The minimum atomic E-state index is 0.195. The van der Waals surface area contributed by atoms with Crippen LogP contribution in [0.1, 0.15) is 6.92 Å². The van der Waals surface area contributed by atoms with Gasteiger partial charge in [-0.05, 0) is 41.5 Å². The van der Waals surface area contributed by atoms with E-state index in [1.165, 1.54) is 11.8 Å². The third-order valence-electron chi connectivity index (χ3n) is 3.75. The van der Waals surface area contributed by atoms with Crippen molar-refractivity contribution in [2.75, 3.05) is 5.73 Å². The Balaban J connectivity index is 1.77. The largest absolute Gasteiger partial charge is 0.379 e. The number of aromatic nitrogens is 5. The lowest BCUT2D eigenvalue weighted by Crippen LogP contribution is -2.00. The van der Waals surface area contributed by atoms with Crippen LogP contribution in [-0.4, -0.2) is 24.8 Å². The minimum absolute atomic E-state index is 0.195. The van der Waals surface area contributed by atoms with Crippen molar-refractivity contribution in [3.63, 3.8) is 0 Å². The van der Waals surface area contributed by atoms with Gasteiger partial charge in [-0.3, -0.25) is 0 Å². The quantitative estimate of drug-likeness (QED) is 0.531. The van der Waals surface area contributed by atoms with Gasteiger partial charge in [0, 0.05) is 22.5 Å². The molecule has 0 fully saturated rings. The van der Waals surface area contributed by atoms with Crippen LogP contribution in [-0.2, 0) is 6.54 Å². The molecule has 10 heteroatoms. The van der Waals surface area contributed by atoms with Gasteiger partial charge in [-0.1, -0.05) is 35.0 Å². The van der Waals surface area contributed by atoms with Crippen molar-refractivity contribution < 1.29 is 4.63 Å². The Bertz CT molecular complexity index is 1110. The molecule has 0 bridgehead atoms. The Morgan fingerprint density at radius 3 is 2.69 bits per heavy atom. The molecule has 26 heavy (non-hydrogen) atoms. The number of nitrogens with zero attached hydrogens (tertiary/aromatic N) is 5. The molecule has 0 aliphatic rings. The van der Waals surface area contributed by atoms with Gasteiger partial charge < -0.3 is 10.3 Å². The molecule has 4 aromatic rings. The molecule has 0 saturated heterocycles. The molecule has 132 valence electrons. The number of pyridine rings is 1. The molecule has 0 saturated carbocycles. The summed E-state index contributed by atoms with van der Waals surface area (Å²) in [6, 6.07) is 7.52. The molecule has 3 aromatic heterocycles. The topological polar surface area (TPSA) is 95.7 Å². The van der Waals surface area contributed by atoms with Crippen LogP contribution in [0.4, 0.5) is 5.82 Å². The normalized spacial score (nSPS) is 11.3. The molecule has 0 spiro atoms. The summed E-state index contributed by atoms with van der Waals surface area (Å²) in [6.07, 6.45) is 1.76. The lowest BCUT2D eigenvalue weighted by molar-refractivity contribution is 0.310. The number of hydrogen-bond acceptors (Lipinski definition) is 7. The van der Waals surface area contributed by atoms with Crippen molar-refractivity contribution in [2.45, 2.75) is 23.3 Å². The SMILES string of the molecule is CCn1c(-c2nonc2N)nc2ncc(Sc3ccc(Cl)c(Cl)c3)cc21. The summed E-state index contributed by atoms with van der Waals surface area (Å²) < 4.78 is 6.66. The number of halogens is 2. The Morgan fingerprint density at radius 2 is 2.00 bits per heavy atom. The molecule has 2 N–H and O–H groups in total. The van der Waals surface area contributed by atoms with Gasteiger partial charge in [0.15, 0.2) is 23.0 Å². The average Bonchev–Trinajstić information content (AvgIpc) is 3.20. The van der Waals surface area contributed by atoms with E-state index < -0.39 is 0 Å². The predicted octanol–water partition coefficient (Wildman–Crippen LogP) is 4.54. The van der Waals surface area contributed by atoms with Crippen LogP contribution in [0.15, 0.2) is 44.9 Å². The number of fused-ring (bicyclic) bond motifs is 1. The second kappa shape index (κ2) is 6.79. The second-order valence-electron chi connectivity index (χ2n) is 5.37. The number of nitrogens with two attached hydrogens (primary N) is 1. The van der Waals surface area contributed by atoms with Crippen molar-refractivity contribution in [1.82, 2.24) is 24.8 Å². The summed E-state index contributed by atoms with van der Waals surface area (Å²) in [7, 11) is 0. The zero-order valence-electron chi connectivity index (χ0n) is 13.5. The fourth-order valence-electron chi connectivity index (χ4n) is 2.57. The number of rotatable bonds is 4. The number of anilines is 1. The zero-order valence-corrected chi connectivity index (χ0v) is 15.8. The van der Waals surface area contributed by atoms with E-state index in [0.29, 0.717) is 33.8 Å². The monoisotopic (exact) mass is 406 g/mol. The molecule has 0 amide bonds. The Kier molecular flexibility index (Phi) is 4.47. The first-order valence-corrected chi connectivity index (χ1v) is 9.21. The molecule has 0 unspecified atom stereocenters. The smallest absolute Gasteiger partial charge is 0.199 e. The van der Waals surface area contributed by atoms with E-state index in [-0.39, 0.29) is 5.82 Å². The van der Waals surface area contributed by atoms with Crippen molar-refractivity contribution in [3.05, 3.63) is 40.5 Å². The molecular formula is C16H12Cl2N6OS. The van der Waals surface area contributed by atoms with Gasteiger partial charge in [0.2, 0.25) is 0 Å². The third kappa shape index (κ3) is 3.00. The summed E-state index contributed by atoms with van der Waals surface area (Å²) in [5.41, 5.74) is 7.68. The first-order chi connectivity index (χ1) is 12.6. The molecule has 3 heterocycles. The lowest BCUT2D eigenvalue weighted by atomic mass is 10.4. The van der Waals surface area contributed by atoms with E-state index in [2.05, 4.69) is 20.3 Å². The standard InChI is InChI=1S/C16H12Cl2N6OS/c1-2-24-12-6-9(26-8-3-4-10(17)11(18)5-8)7-20-15(12)21-16(24)13-14(19)23-25-22-13/h3-7H,2H2,1H3,(H2,19,23). The Morgan fingerprint density at radius 1 is 1.15 bits per heavy atom. The highest BCUT2D eigenvalue weighted by molar-refractivity contribution is 7.99. The number of nitrogen functional groups attached to an aromatic ring is 1. The highest BCUT2D eigenvalue weighted by Crippen LogP contribution is 2.34. The number of hydrogen-bond donors (Lipinski definition) is 1. The zero-order chi connectivity index (χ0) is 18.3. The third-order valence-corrected chi connectivity index (χ3v) is 5.44. The summed E-state index contributed by atoms with van der Waals surface area (Å²) in [5, 5.41) is 8.50. The molecule has 4 rings (SSSR count). The predicted molar refractivity (Wildman–Crippen MR) is 101 cm³/mol. The maximum absolute atomic E-state index is 6.09. The van der Waals surface area contributed by atoms with Gasteiger partial charge in [0.1, 0.15) is 0 Å². The average molecular weight is 407 g/mol. The minimum Gasteiger partial charge on any atom is -0.379 e. The Hall–Kier alpha value is -2.29. The maximum Gasteiger partial charge on any atom is 0.199 e. The van der Waals surface area contributed by atoms with Gasteiger partial charge in [0.05, 0.1) is 15.6 Å². The van der Waals surface area contributed by atoms with Gasteiger partial charge in [0.25, 0.3) is 0 Å². The van der Waals surface area contributed by atoms with Crippen LogP contribution in [0, 0.1) is 0 Å². The van der Waals surface area contributed by atoms with Crippen molar-refractivity contribution in [1.29, 1.82) is 0 Å². The van der Waals surface area contributed by atoms with E-state index >= 15 is 0 Å². The van der Waals surface area contributed by atoms with Gasteiger partial charge in [-0.25, -0.2) is 14.6 Å². The first-order valence-electron chi connectivity index (χ1n) is 7.64. The second-order valence-corrected chi connectivity index (χ2v) is 7.33. The maximum atomic E-state index is 6.09. The van der Waals surface area contributed by atoms with E-state index in [1.807, 2.05) is 29.7 Å². The van der Waals surface area contributed by atoms with Crippen LogP contribution in [0.5, 0.6) is 0 Å². The van der Waals surface area contributed by atoms with Crippen molar-refractivity contribution in [2.24, 2.45) is 0 Å². The molecule has 0 radical (unpaired) electrons.